The van der Waals surface area contributed by atoms with E-state index in [1.807, 2.05) is 18.5 Å². The van der Waals surface area contributed by atoms with Gasteiger partial charge >= 0.3 is 18.1 Å². The summed E-state index contributed by atoms with van der Waals surface area (Å²) in [6, 6.07) is 3.47. The number of hydrogen-bond donors (Lipinski definition) is 1. The van der Waals surface area contributed by atoms with Crippen molar-refractivity contribution < 1.29 is 27.9 Å². The molecular weight excluding hydrogens is 517 g/mol. The van der Waals surface area contributed by atoms with Crippen molar-refractivity contribution in [2.75, 3.05) is 6.54 Å². The Kier molecular flexibility index (Phi) is 6.69. The van der Waals surface area contributed by atoms with Gasteiger partial charge in [-0.2, -0.15) is 13.2 Å². The molecule has 6 rings (SSSR count). The van der Waals surface area contributed by atoms with E-state index >= 15 is 0 Å². The topological polar surface area (TPSA) is 70.5 Å². The molecule has 2 unspecified atom stereocenters. The molecular formula is C32H39F3N2O3. The van der Waals surface area contributed by atoms with Crippen molar-refractivity contribution in [1.29, 1.82) is 0 Å². The number of nitrogens with zero attached hydrogens (tertiary/aromatic N) is 2. The zero-order chi connectivity index (χ0) is 28.4. The molecule has 0 radical (unpaired) electrons. The molecule has 0 bridgehead atoms. The number of pyridine rings is 1. The minimum Gasteiger partial charge on any atom is -0.481 e. The van der Waals surface area contributed by atoms with Crippen LogP contribution in [0, 0.1) is 40.4 Å². The number of fused-ring (bicyclic) bond motifs is 5. The molecule has 8 heteroatoms. The van der Waals surface area contributed by atoms with Crippen LogP contribution in [0.5, 0.6) is 0 Å². The summed E-state index contributed by atoms with van der Waals surface area (Å²) in [5.74, 6) is -2.02. The van der Waals surface area contributed by atoms with Crippen molar-refractivity contribution in [2.24, 2.45) is 40.4 Å². The van der Waals surface area contributed by atoms with Crippen LogP contribution in [0.15, 0.2) is 42.3 Å². The van der Waals surface area contributed by atoms with E-state index in [2.05, 4.69) is 37.0 Å². The van der Waals surface area contributed by atoms with Gasteiger partial charge in [0, 0.05) is 25.0 Å². The fraction of sp³-hybridized carbons (Fsp3) is 0.656. The number of carbonyl (C=O) groups is 2. The van der Waals surface area contributed by atoms with Crippen molar-refractivity contribution in [3.8, 4) is 0 Å². The highest BCUT2D eigenvalue weighted by molar-refractivity contribution is 5.82. The fourth-order valence-electron chi connectivity index (χ4n) is 9.64. The summed E-state index contributed by atoms with van der Waals surface area (Å²) in [4.78, 5) is 29.5. The predicted molar refractivity (Wildman–Crippen MR) is 145 cm³/mol. The summed E-state index contributed by atoms with van der Waals surface area (Å²) in [5, 5.41) is 9.64. The molecule has 8 atom stereocenters. The Hall–Kier alpha value is -2.64. The second-order valence-corrected chi connectivity index (χ2v) is 13.4. The predicted octanol–water partition coefficient (Wildman–Crippen LogP) is 6.91. The Balaban J connectivity index is 1.24. The third kappa shape index (κ3) is 4.32. The summed E-state index contributed by atoms with van der Waals surface area (Å²) < 4.78 is 40.5. The first-order chi connectivity index (χ1) is 18.9. The quantitative estimate of drug-likeness (QED) is 0.411. The molecule has 1 amide bonds. The van der Waals surface area contributed by atoms with E-state index in [1.54, 1.807) is 0 Å². The van der Waals surface area contributed by atoms with Gasteiger partial charge < -0.3 is 10.0 Å². The number of carboxylic acids is 1. The lowest BCUT2D eigenvalue weighted by molar-refractivity contribution is -0.192. The summed E-state index contributed by atoms with van der Waals surface area (Å²) >= 11 is 0. The van der Waals surface area contributed by atoms with E-state index < -0.39 is 30.0 Å². The van der Waals surface area contributed by atoms with Crippen molar-refractivity contribution in [3.63, 3.8) is 0 Å². The molecule has 1 N–H and O–H groups in total. The maximum absolute atomic E-state index is 13.5. The van der Waals surface area contributed by atoms with E-state index in [0.29, 0.717) is 24.2 Å². The largest absolute Gasteiger partial charge is 0.481 e. The van der Waals surface area contributed by atoms with Gasteiger partial charge in [0.25, 0.3) is 0 Å². The van der Waals surface area contributed by atoms with Crippen LogP contribution in [0.25, 0.3) is 5.57 Å². The number of amides is 1. The lowest BCUT2D eigenvalue weighted by atomic mass is 9.46. The summed E-state index contributed by atoms with van der Waals surface area (Å²) in [5.41, 5.74) is 4.08. The zero-order valence-corrected chi connectivity index (χ0v) is 23.3. The third-order valence-electron chi connectivity index (χ3n) is 11.7. The Morgan fingerprint density at radius 3 is 2.52 bits per heavy atom. The van der Waals surface area contributed by atoms with Crippen molar-refractivity contribution in [1.82, 2.24) is 9.88 Å². The number of carbonyl (C=O) groups excluding carboxylic acids is 1. The number of aliphatic carboxylic acids is 1. The zero-order valence-electron chi connectivity index (χ0n) is 23.3. The van der Waals surface area contributed by atoms with Crippen LogP contribution in [0.2, 0.25) is 0 Å². The number of aromatic nitrogens is 1. The van der Waals surface area contributed by atoms with Crippen LogP contribution < -0.4 is 0 Å². The monoisotopic (exact) mass is 556 g/mol. The number of carboxylic acid groups (broad SMARTS) is 1. The Labute approximate surface area is 233 Å². The van der Waals surface area contributed by atoms with Crippen LogP contribution in [-0.4, -0.2) is 45.6 Å². The van der Waals surface area contributed by atoms with Gasteiger partial charge in [-0.15, -0.1) is 0 Å². The van der Waals surface area contributed by atoms with Gasteiger partial charge in [-0.3, -0.25) is 14.6 Å². The first-order valence-electron chi connectivity index (χ1n) is 14.8. The van der Waals surface area contributed by atoms with Crippen LogP contribution in [0.4, 0.5) is 13.2 Å². The Bertz CT molecular complexity index is 1240. The van der Waals surface area contributed by atoms with E-state index in [0.717, 1.165) is 43.4 Å². The standard InChI is InChI=1S/C32H39F3N2O3/c1-30-12-9-19(27-17-20(28(38)39)11-15-37(27)29(40)32(33,34)35)16-22(30)5-6-23-25-8-7-24(21-4-3-14-36-18-21)31(25,2)13-10-26(23)30/h3-5,7,14,18-20,23,25-27H,6,8-13,15-17H2,1-2H3,(H,38,39)/t19-,20?,23-,25-,26-,27?,30-,31+/m0/s1. The van der Waals surface area contributed by atoms with Gasteiger partial charge in [0.15, 0.2) is 0 Å². The average Bonchev–Trinajstić information content (AvgIpc) is 3.29. The Morgan fingerprint density at radius 1 is 1.05 bits per heavy atom. The molecule has 1 aromatic rings. The average molecular weight is 557 g/mol. The first kappa shape index (κ1) is 27.5. The molecule has 2 heterocycles. The summed E-state index contributed by atoms with van der Waals surface area (Å²) in [6.07, 6.45) is 10.3. The molecule has 0 spiro atoms. The van der Waals surface area contributed by atoms with Crippen molar-refractivity contribution >= 4 is 17.4 Å². The molecule has 1 aliphatic heterocycles. The van der Waals surface area contributed by atoms with Gasteiger partial charge in [0.1, 0.15) is 0 Å². The summed E-state index contributed by atoms with van der Waals surface area (Å²) in [7, 11) is 0. The number of rotatable bonds is 3. The molecule has 5 aliphatic rings. The second-order valence-electron chi connectivity index (χ2n) is 13.4. The number of halogens is 3. The van der Waals surface area contributed by atoms with Gasteiger partial charge in [-0.05, 0) is 109 Å². The third-order valence-corrected chi connectivity index (χ3v) is 11.7. The number of hydrogen-bond acceptors (Lipinski definition) is 3. The minimum absolute atomic E-state index is 0.00245. The molecule has 216 valence electrons. The molecule has 2 saturated carbocycles. The number of likely N-dealkylation sites (tertiary alicyclic amines) is 1. The lowest BCUT2D eigenvalue weighted by Gasteiger charge is -2.58. The maximum Gasteiger partial charge on any atom is 0.471 e. The van der Waals surface area contributed by atoms with E-state index in [9.17, 15) is 27.9 Å². The molecule has 4 aliphatic carbocycles. The highest BCUT2D eigenvalue weighted by Gasteiger charge is 2.58. The van der Waals surface area contributed by atoms with Crippen molar-refractivity contribution in [2.45, 2.75) is 83.9 Å². The first-order valence-corrected chi connectivity index (χ1v) is 14.8. The molecule has 40 heavy (non-hydrogen) atoms. The smallest absolute Gasteiger partial charge is 0.471 e. The lowest BCUT2D eigenvalue weighted by Crippen LogP contribution is -2.56. The Morgan fingerprint density at radius 2 is 1.82 bits per heavy atom. The highest BCUT2D eigenvalue weighted by Crippen LogP contribution is 2.66. The van der Waals surface area contributed by atoms with Gasteiger partial charge in [0.2, 0.25) is 0 Å². The van der Waals surface area contributed by atoms with Gasteiger partial charge in [0.05, 0.1) is 5.92 Å². The van der Waals surface area contributed by atoms with E-state index in [4.69, 9.17) is 0 Å². The van der Waals surface area contributed by atoms with Crippen LogP contribution in [0.3, 0.4) is 0 Å². The van der Waals surface area contributed by atoms with Gasteiger partial charge in [-0.25, -0.2) is 0 Å². The fourth-order valence-corrected chi connectivity index (χ4v) is 9.64. The summed E-state index contributed by atoms with van der Waals surface area (Å²) in [6.45, 7) is 4.63. The molecule has 5 nitrogen and oxygen atoms in total. The van der Waals surface area contributed by atoms with Crippen molar-refractivity contribution in [3.05, 3.63) is 47.8 Å². The SMILES string of the molecule is C[C@]12CC[C@H](C3CC(C(=O)O)CCN3C(=O)C(F)(F)F)CC1=CC[C@@H]1[C@@H]2CC[C@]2(C)C(c3cccnc3)=CC[C@@H]12. The van der Waals surface area contributed by atoms with Crippen LogP contribution in [-0.2, 0) is 9.59 Å². The maximum atomic E-state index is 13.5. The van der Waals surface area contributed by atoms with Crippen LogP contribution in [0.1, 0.15) is 77.2 Å². The van der Waals surface area contributed by atoms with Crippen LogP contribution >= 0.6 is 0 Å². The number of allylic oxidation sites excluding steroid dienone is 4. The molecule has 1 saturated heterocycles. The van der Waals surface area contributed by atoms with E-state index in [1.165, 1.54) is 16.7 Å². The normalized spacial score (nSPS) is 39.4. The van der Waals surface area contributed by atoms with E-state index in [-0.39, 0.29) is 36.1 Å². The molecule has 3 fully saturated rings. The number of alkyl halides is 3. The molecule has 1 aromatic heterocycles. The molecule has 0 aromatic carbocycles. The number of piperidine rings is 1. The second kappa shape index (κ2) is 9.73. The highest BCUT2D eigenvalue weighted by atomic mass is 19.4. The minimum atomic E-state index is -4.95. The van der Waals surface area contributed by atoms with Gasteiger partial charge in [-0.1, -0.05) is 37.6 Å².